The van der Waals surface area contributed by atoms with Crippen LogP contribution in [0.3, 0.4) is 0 Å². The van der Waals surface area contributed by atoms with Gasteiger partial charge in [0, 0.05) is 31.7 Å². The first-order valence-corrected chi connectivity index (χ1v) is 8.25. The Labute approximate surface area is 126 Å². The van der Waals surface area contributed by atoms with Crippen LogP contribution in [0.2, 0.25) is 0 Å². The number of carbonyl (C=O) groups is 1. The Morgan fingerprint density at radius 1 is 1.24 bits per heavy atom. The molecule has 21 heavy (non-hydrogen) atoms. The van der Waals surface area contributed by atoms with Crippen LogP contribution in [0, 0.1) is 17.8 Å². The minimum atomic E-state index is 0.229. The van der Waals surface area contributed by atoms with Crippen LogP contribution < -0.4 is 10.2 Å². The predicted octanol–water partition coefficient (Wildman–Crippen LogP) is 2.73. The number of hydrogen-bond donors (Lipinski definition) is 1. The first kappa shape index (κ1) is 13.3. The standard InChI is InChI=1S/C18H24N2O/c1-11-7-14(11)15-9-16(15)19-10-12-3-5-17-13(8-12)4-6-18(21)20(17)2/h3,5,8,11,14-16,19H,4,6-7,9-10H2,1-2H3/t11-,14-,15+,16-/m1/s1. The molecular weight excluding hydrogens is 260 g/mol. The molecule has 1 amide bonds. The molecule has 112 valence electrons. The molecule has 1 aromatic carbocycles. The number of aryl methyl sites for hydroxylation is 1. The van der Waals surface area contributed by atoms with Gasteiger partial charge in [0.2, 0.25) is 5.91 Å². The third-order valence-electron chi connectivity index (χ3n) is 5.62. The summed E-state index contributed by atoms with van der Waals surface area (Å²) in [7, 11) is 1.88. The first-order valence-electron chi connectivity index (χ1n) is 8.25. The fraction of sp³-hybridized carbons (Fsp3) is 0.611. The van der Waals surface area contributed by atoms with E-state index in [1.807, 2.05) is 7.05 Å². The molecule has 2 fully saturated rings. The van der Waals surface area contributed by atoms with Crippen molar-refractivity contribution in [2.45, 2.75) is 45.2 Å². The summed E-state index contributed by atoms with van der Waals surface area (Å²) in [4.78, 5) is 13.5. The number of benzene rings is 1. The van der Waals surface area contributed by atoms with E-state index in [1.54, 1.807) is 4.90 Å². The predicted molar refractivity (Wildman–Crippen MR) is 84.2 cm³/mol. The monoisotopic (exact) mass is 284 g/mol. The topological polar surface area (TPSA) is 32.3 Å². The summed E-state index contributed by atoms with van der Waals surface area (Å²) < 4.78 is 0. The average Bonchev–Trinajstić information content (AvgIpc) is 3.37. The molecule has 4 rings (SSSR count). The maximum atomic E-state index is 11.7. The van der Waals surface area contributed by atoms with Crippen LogP contribution in [0.15, 0.2) is 18.2 Å². The fourth-order valence-corrected chi connectivity index (χ4v) is 3.94. The van der Waals surface area contributed by atoms with Crippen molar-refractivity contribution in [2.24, 2.45) is 17.8 Å². The zero-order chi connectivity index (χ0) is 14.6. The van der Waals surface area contributed by atoms with Crippen molar-refractivity contribution >= 4 is 11.6 Å². The van der Waals surface area contributed by atoms with Gasteiger partial charge in [0.05, 0.1) is 0 Å². The number of amides is 1. The van der Waals surface area contributed by atoms with E-state index in [0.717, 1.165) is 42.4 Å². The SMILES string of the molecule is C[C@@H]1C[C@H]1[C@@H]1C[C@H]1NCc1ccc2c(c1)CCC(=O)N2C. The Balaban J connectivity index is 1.37. The minimum absolute atomic E-state index is 0.229. The molecular formula is C18H24N2O. The van der Waals surface area contributed by atoms with Crippen molar-refractivity contribution in [3.05, 3.63) is 29.3 Å². The number of fused-ring (bicyclic) bond motifs is 1. The third kappa shape index (κ3) is 2.48. The molecule has 2 saturated carbocycles. The lowest BCUT2D eigenvalue weighted by Crippen LogP contribution is -2.31. The molecule has 3 aliphatic rings. The number of nitrogens with one attached hydrogen (secondary N) is 1. The summed E-state index contributed by atoms with van der Waals surface area (Å²) in [5.74, 6) is 3.15. The molecule has 0 radical (unpaired) electrons. The molecule has 3 heteroatoms. The molecule has 0 aromatic heterocycles. The Hall–Kier alpha value is -1.35. The summed E-state index contributed by atoms with van der Waals surface area (Å²) in [6, 6.07) is 7.30. The normalized spacial score (nSPS) is 33.8. The highest BCUT2D eigenvalue weighted by molar-refractivity contribution is 5.95. The van der Waals surface area contributed by atoms with Crippen molar-refractivity contribution in [1.82, 2.24) is 5.32 Å². The lowest BCUT2D eigenvalue weighted by Gasteiger charge is -2.26. The largest absolute Gasteiger partial charge is 0.315 e. The van der Waals surface area contributed by atoms with Gasteiger partial charge in [-0.05, 0) is 54.2 Å². The van der Waals surface area contributed by atoms with Crippen LogP contribution in [0.5, 0.6) is 0 Å². The van der Waals surface area contributed by atoms with Gasteiger partial charge >= 0.3 is 0 Å². The van der Waals surface area contributed by atoms with E-state index in [1.165, 1.54) is 24.0 Å². The van der Waals surface area contributed by atoms with Gasteiger partial charge in [0.15, 0.2) is 0 Å². The van der Waals surface area contributed by atoms with Crippen molar-refractivity contribution in [3.63, 3.8) is 0 Å². The molecule has 1 N–H and O–H groups in total. The molecule has 0 spiro atoms. The van der Waals surface area contributed by atoms with E-state index in [9.17, 15) is 4.79 Å². The second-order valence-electron chi connectivity index (χ2n) is 7.18. The van der Waals surface area contributed by atoms with E-state index in [0.29, 0.717) is 6.42 Å². The van der Waals surface area contributed by atoms with Gasteiger partial charge in [0.25, 0.3) is 0 Å². The molecule has 3 nitrogen and oxygen atoms in total. The number of carbonyl (C=O) groups excluding carboxylic acids is 1. The second-order valence-corrected chi connectivity index (χ2v) is 7.18. The van der Waals surface area contributed by atoms with Gasteiger partial charge in [-0.2, -0.15) is 0 Å². The average molecular weight is 284 g/mol. The van der Waals surface area contributed by atoms with Crippen LogP contribution >= 0.6 is 0 Å². The molecule has 2 aliphatic carbocycles. The van der Waals surface area contributed by atoms with E-state index < -0.39 is 0 Å². The maximum Gasteiger partial charge on any atom is 0.227 e. The van der Waals surface area contributed by atoms with Crippen molar-refractivity contribution < 1.29 is 4.79 Å². The number of hydrogen-bond acceptors (Lipinski definition) is 2. The van der Waals surface area contributed by atoms with Crippen LogP contribution in [0.4, 0.5) is 5.69 Å². The minimum Gasteiger partial charge on any atom is -0.315 e. The van der Waals surface area contributed by atoms with Gasteiger partial charge < -0.3 is 10.2 Å². The van der Waals surface area contributed by atoms with E-state index in [4.69, 9.17) is 0 Å². The molecule has 1 aromatic rings. The van der Waals surface area contributed by atoms with Gasteiger partial charge in [-0.15, -0.1) is 0 Å². The Bertz CT molecular complexity index is 583. The maximum absolute atomic E-state index is 11.7. The smallest absolute Gasteiger partial charge is 0.227 e. The highest BCUT2D eigenvalue weighted by Gasteiger charge is 2.51. The molecule has 0 saturated heterocycles. The summed E-state index contributed by atoms with van der Waals surface area (Å²) in [6.45, 7) is 3.34. The van der Waals surface area contributed by atoms with Crippen LogP contribution in [-0.2, 0) is 17.8 Å². The summed E-state index contributed by atoms with van der Waals surface area (Å²) in [6.07, 6.45) is 4.35. The zero-order valence-electron chi connectivity index (χ0n) is 12.9. The van der Waals surface area contributed by atoms with Gasteiger partial charge in [-0.1, -0.05) is 19.1 Å². The van der Waals surface area contributed by atoms with Crippen LogP contribution in [0.25, 0.3) is 0 Å². The highest BCUT2D eigenvalue weighted by Crippen LogP contribution is 2.54. The zero-order valence-corrected chi connectivity index (χ0v) is 12.9. The quantitative estimate of drug-likeness (QED) is 0.922. The molecule has 1 heterocycles. The first-order chi connectivity index (χ1) is 10.1. The summed E-state index contributed by atoms with van der Waals surface area (Å²) in [5, 5.41) is 3.71. The van der Waals surface area contributed by atoms with Gasteiger partial charge in [-0.3, -0.25) is 4.79 Å². The molecule has 4 atom stereocenters. The van der Waals surface area contributed by atoms with Gasteiger partial charge in [0.1, 0.15) is 0 Å². The molecule has 1 aliphatic heterocycles. The Morgan fingerprint density at radius 2 is 2.05 bits per heavy atom. The van der Waals surface area contributed by atoms with Crippen molar-refractivity contribution in [3.8, 4) is 0 Å². The van der Waals surface area contributed by atoms with Gasteiger partial charge in [-0.25, -0.2) is 0 Å². The third-order valence-corrected chi connectivity index (χ3v) is 5.62. The van der Waals surface area contributed by atoms with E-state index in [-0.39, 0.29) is 5.91 Å². The van der Waals surface area contributed by atoms with Crippen molar-refractivity contribution in [2.75, 3.05) is 11.9 Å². The molecule has 0 unspecified atom stereocenters. The number of rotatable bonds is 4. The Kier molecular flexibility index (Phi) is 3.07. The number of anilines is 1. The fourth-order valence-electron chi connectivity index (χ4n) is 3.94. The summed E-state index contributed by atoms with van der Waals surface area (Å²) in [5.41, 5.74) is 3.76. The highest BCUT2D eigenvalue weighted by atomic mass is 16.2. The van der Waals surface area contributed by atoms with Crippen LogP contribution in [0.1, 0.15) is 37.3 Å². The summed E-state index contributed by atoms with van der Waals surface area (Å²) >= 11 is 0. The Morgan fingerprint density at radius 3 is 2.81 bits per heavy atom. The number of nitrogens with zero attached hydrogens (tertiary/aromatic N) is 1. The van der Waals surface area contributed by atoms with Crippen molar-refractivity contribution in [1.29, 1.82) is 0 Å². The lowest BCUT2D eigenvalue weighted by atomic mass is 9.99. The second kappa shape index (κ2) is 4.84. The van der Waals surface area contributed by atoms with Crippen LogP contribution in [-0.4, -0.2) is 19.0 Å². The van der Waals surface area contributed by atoms with E-state index in [2.05, 4.69) is 30.4 Å². The van der Waals surface area contributed by atoms with E-state index >= 15 is 0 Å². The molecule has 0 bridgehead atoms. The lowest BCUT2D eigenvalue weighted by molar-refractivity contribution is -0.118.